The molecule has 0 aliphatic heterocycles. The number of hydrogen-bond donors (Lipinski definition) is 0. The van der Waals surface area contributed by atoms with Gasteiger partial charge in [0.05, 0.1) is 0 Å². The van der Waals surface area contributed by atoms with E-state index in [1.807, 2.05) is 0 Å². The average Bonchev–Trinajstić information content (AvgIpc) is 2.71. The zero-order valence-electron chi connectivity index (χ0n) is 6.17. The van der Waals surface area contributed by atoms with Crippen molar-refractivity contribution in [2.75, 3.05) is 0 Å². The summed E-state index contributed by atoms with van der Waals surface area (Å²) in [5, 5.41) is 0. The van der Waals surface area contributed by atoms with Gasteiger partial charge in [-0.1, -0.05) is 29.8 Å². The first-order valence-electron chi connectivity index (χ1n) is 3.76. The molecule has 0 N–H and O–H groups in total. The predicted octanol–water partition coefficient (Wildman–Crippen LogP) is 2.69. The van der Waals surface area contributed by atoms with Gasteiger partial charge in [0.2, 0.25) is 0 Å². The maximum atomic E-state index is 2.34. The summed E-state index contributed by atoms with van der Waals surface area (Å²) in [5.41, 5.74) is 2.83. The second kappa shape index (κ2) is 2.12. The molecule has 2 rings (SSSR count). The van der Waals surface area contributed by atoms with E-state index in [0.29, 0.717) is 0 Å². The SMILES string of the molecule is Cc1ccc(C2[CH]C2)cc1. The van der Waals surface area contributed by atoms with Crippen molar-refractivity contribution in [1.82, 2.24) is 0 Å². The zero-order valence-corrected chi connectivity index (χ0v) is 6.17. The van der Waals surface area contributed by atoms with Crippen LogP contribution in [-0.4, -0.2) is 0 Å². The van der Waals surface area contributed by atoms with Crippen molar-refractivity contribution in [3.05, 3.63) is 41.8 Å². The Bertz CT molecular complexity index is 216. The molecule has 1 fully saturated rings. The van der Waals surface area contributed by atoms with Crippen molar-refractivity contribution in [2.45, 2.75) is 19.3 Å². The van der Waals surface area contributed by atoms with Gasteiger partial charge in [0.25, 0.3) is 0 Å². The Balaban J connectivity index is 2.28. The van der Waals surface area contributed by atoms with Crippen LogP contribution < -0.4 is 0 Å². The second-order valence-electron chi connectivity index (χ2n) is 2.99. The summed E-state index contributed by atoms with van der Waals surface area (Å²) in [4.78, 5) is 0. The molecule has 0 amide bonds. The minimum absolute atomic E-state index is 0.778. The average molecular weight is 131 g/mol. The van der Waals surface area contributed by atoms with Crippen LogP contribution in [0.25, 0.3) is 0 Å². The molecule has 0 heteroatoms. The molecular weight excluding hydrogens is 120 g/mol. The molecule has 0 spiro atoms. The van der Waals surface area contributed by atoms with Crippen molar-refractivity contribution in [2.24, 2.45) is 0 Å². The third kappa shape index (κ3) is 1.06. The summed E-state index contributed by atoms with van der Waals surface area (Å²) >= 11 is 0. The molecule has 0 saturated heterocycles. The number of benzene rings is 1. The molecule has 10 heavy (non-hydrogen) atoms. The van der Waals surface area contributed by atoms with Crippen molar-refractivity contribution < 1.29 is 0 Å². The fourth-order valence-electron chi connectivity index (χ4n) is 1.15. The third-order valence-electron chi connectivity index (χ3n) is 1.98. The lowest BCUT2D eigenvalue weighted by Gasteiger charge is -1.96. The van der Waals surface area contributed by atoms with E-state index in [0.717, 1.165) is 5.92 Å². The summed E-state index contributed by atoms with van der Waals surface area (Å²) in [5.74, 6) is 0.778. The van der Waals surface area contributed by atoms with E-state index in [1.54, 1.807) is 0 Å². The zero-order chi connectivity index (χ0) is 6.97. The third-order valence-corrected chi connectivity index (χ3v) is 1.98. The Hall–Kier alpha value is -0.780. The first-order chi connectivity index (χ1) is 4.86. The Morgan fingerprint density at radius 3 is 2.30 bits per heavy atom. The summed E-state index contributed by atoms with van der Waals surface area (Å²) < 4.78 is 0. The lowest BCUT2D eigenvalue weighted by Crippen LogP contribution is -1.77. The molecule has 1 unspecified atom stereocenters. The molecule has 0 bridgehead atoms. The van der Waals surface area contributed by atoms with E-state index in [2.05, 4.69) is 37.6 Å². The van der Waals surface area contributed by atoms with E-state index in [-0.39, 0.29) is 0 Å². The highest BCUT2D eigenvalue weighted by Crippen LogP contribution is 2.38. The summed E-state index contributed by atoms with van der Waals surface area (Å²) in [7, 11) is 0. The Kier molecular flexibility index (Phi) is 1.26. The van der Waals surface area contributed by atoms with Crippen LogP contribution >= 0.6 is 0 Å². The fraction of sp³-hybridized carbons (Fsp3) is 0.300. The highest BCUT2D eigenvalue weighted by atomic mass is 14.3. The first-order valence-corrected chi connectivity index (χ1v) is 3.76. The van der Waals surface area contributed by atoms with Gasteiger partial charge in [0, 0.05) is 0 Å². The molecule has 51 valence electrons. The lowest BCUT2D eigenvalue weighted by atomic mass is 10.1. The van der Waals surface area contributed by atoms with Crippen molar-refractivity contribution in [1.29, 1.82) is 0 Å². The van der Waals surface area contributed by atoms with E-state index in [4.69, 9.17) is 0 Å². The minimum Gasteiger partial charge on any atom is -0.0590 e. The van der Waals surface area contributed by atoms with Crippen LogP contribution in [0.15, 0.2) is 24.3 Å². The van der Waals surface area contributed by atoms with Crippen LogP contribution in [0.1, 0.15) is 23.5 Å². The Morgan fingerprint density at radius 1 is 1.20 bits per heavy atom. The molecule has 1 radical (unpaired) electrons. The molecular formula is C10H11. The van der Waals surface area contributed by atoms with Gasteiger partial charge in [-0.3, -0.25) is 0 Å². The van der Waals surface area contributed by atoms with Crippen LogP contribution in [0, 0.1) is 13.3 Å². The summed E-state index contributed by atoms with van der Waals surface area (Å²) in [6.07, 6.45) is 3.62. The van der Waals surface area contributed by atoms with Crippen molar-refractivity contribution >= 4 is 0 Å². The van der Waals surface area contributed by atoms with Gasteiger partial charge in [0.15, 0.2) is 0 Å². The van der Waals surface area contributed by atoms with E-state index in [1.165, 1.54) is 17.5 Å². The number of hydrogen-bond acceptors (Lipinski definition) is 0. The van der Waals surface area contributed by atoms with Gasteiger partial charge in [0.1, 0.15) is 0 Å². The molecule has 1 aliphatic rings. The smallest absolute Gasteiger partial charge is 0.0128 e. The van der Waals surface area contributed by atoms with Crippen LogP contribution in [0.3, 0.4) is 0 Å². The molecule has 1 atom stereocenters. The van der Waals surface area contributed by atoms with Gasteiger partial charge in [-0.15, -0.1) is 0 Å². The van der Waals surface area contributed by atoms with Gasteiger partial charge >= 0.3 is 0 Å². The molecule has 1 saturated carbocycles. The summed E-state index contributed by atoms with van der Waals surface area (Å²) in [6, 6.07) is 8.82. The van der Waals surface area contributed by atoms with E-state index < -0.39 is 0 Å². The highest BCUT2D eigenvalue weighted by molar-refractivity contribution is 5.31. The molecule has 0 aromatic heterocycles. The van der Waals surface area contributed by atoms with Crippen LogP contribution in [0.2, 0.25) is 0 Å². The van der Waals surface area contributed by atoms with Gasteiger partial charge < -0.3 is 0 Å². The van der Waals surface area contributed by atoms with Crippen molar-refractivity contribution in [3.63, 3.8) is 0 Å². The minimum atomic E-state index is 0.778. The lowest BCUT2D eigenvalue weighted by molar-refractivity contribution is 1.16. The van der Waals surface area contributed by atoms with E-state index >= 15 is 0 Å². The Labute approximate surface area is 61.9 Å². The maximum Gasteiger partial charge on any atom is -0.0128 e. The maximum absolute atomic E-state index is 2.34. The van der Waals surface area contributed by atoms with Gasteiger partial charge in [-0.2, -0.15) is 0 Å². The largest absolute Gasteiger partial charge is 0.0590 e. The van der Waals surface area contributed by atoms with Crippen LogP contribution in [-0.2, 0) is 0 Å². The second-order valence-corrected chi connectivity index (χ2v) is 2.99. The molecule has 1 aliphatic carbocycles. The predicted molar refractivity (Wildman–Crippen MR) is 42.8 cm³/mol. The van der Waals surface area contributed by atoms with Gasteiger partial charge in [-0.05, 0) is 31.2 Å². The molecule has 0 nitrogen and oxygen atoms in total. The highest BCUT2D eigenvalue weighted by Gasteiger charge is 2.23. The number of aryl methyl sites for hydroxylation is 1. The first kappa shape index (κ1) is 5.96. The van der Waals surface area contributed by atoms with Gasteiger partial charge in [-0.25, -0.2) is 0 Å². The van der Waals surface area contributed by atoms with E-state index in [9.17, 15) is 0 Å². The normalized spacial score (nSPS) is 17.3. The molecule has 1 aromatic rings. The monoisotopic (exact) mass is 131 g/mol. The standard InChI is InChI=1S/C10H11/c1-8-2-4-9(5-3-8)10-6-7-10/h2-6,10H,7H2,1H3. The topological polar surface area (TPSA) is 0 Å². The van der Waals surface area contributed by atoms with Crippen LogP contribution in [0.4, 0.5) is 0 Å². The molecule has 0 heterocycles. The quantitative estimate of drug-likeness (QED) is 0.549. The fourth-order valence-corrected chi connectivity index (χ4v) is 1.15. The number of rotatable bonds is 1. The molecule has 1 aromatic carbocycles. The Morgan fingerprint density at radius 2 is 1.80 bits per heavy atom. The van der Waals surface area contributed by atoms with Crippen molar-refractivity contribution in [3.8, 4) is 0 Å². The summed E-state index contributed by atoms with van der Waals surface area (Å²) in [6.45, 7) is 2.13. The van der Waals surface area contributed by atoms with Crippen LogP contribution in [0.5, 0.6) is 0 Å².